The summed E-state index contributed by atoms with van der Waals surface area (Å²) in [7, 11) is 0. The maximum atomic E-state index is 4.31. The average molecular weight is 222 g/mol. The zero-order chi connectivity index (χ0) is 11.5. The second kappa shape index (κ2) is 4.95. The Balaban J connectivity index is 1.74. The van der Waals surface area contributed by atoms with Gasteiger partial charge in [-0.25, -0.2) is 4.98 Å². The highest BCUT2D eigenvalue weighted by Crippen LogP contribution is 2.35. The zero-order valence-electron chi connectivity index (χ0n) is 10.5. The van der Waals surface area contributed by atoms with Gasteiger partial charge in [0.25, 0.3) is 0 Å². The molecule has 0 spiro atoms. The van der Waals surface area contributed by atoms with Crippen LogP contribution < -0.4 is 5.32 Å². The molecule has 1 heterocycles. The van der Waals surface area contributed by atoms with E-state index in [1.54, 1.807) is 0 Å². The Kier molecular flexibility index (Phi) is 3.59. The number of aromatic nitrogens is 3. The monoisotopic (exact) mass is 222 g/mol. The summed E-state index contributed by atoms with van der Waals surface area (Å²) in [6.45, 7) is 7.52. The first kappa shape index (κ1) is 11.6. The van der Waals surface area contributed by atoms with Gasteiger partial charge in [-0.15, -0.1) is 0 Å². The van der Waals surface area contributed by atoms with Crippen molar-refractivity contribution in [3.63, 3.8) is 0 Å². The van der Waals surface area contributed by atoms with E-state index < -0.39 is 0 Å². The molecule has 2 rings (SSSR count). The largest absolute Gasteiger partial charge is 0.313 e. The number of aryl methyl sites for hydroxylation is 1. The molecule has 0 radical (unpaired) electrons. The Bertz CT molecular complexity index is 326. The quantitative estimate of drug-likeness (QED) is 0.770. The minimum atomic E-state index is 0.681. The fraction of sp³-hybridized carbons (Fsp3) is 0.833. The van der Waals surface area contributed by atoms with Crippen molar-refractivity contribution >= 4 is 0 Å². The van der Waals surface area contributed by atoms with Crippen molar-refractivity contribution in [3.05, 3.63) is 11.6 Å². The molecule has 1 fully saturated rings. The standard InChI is InChI=1S/C12H22N4/c1-8(2)12(10-4-5-10)13-7-6-11-14-9(3)15-16-11/h8,10,12-13H,4-7H2,1-3H3,(H,14,15,16). The molecule has 1 aromatic heterocycles. The molecule has 16 heavy (non-hydrogen) atoms. The van der Waals surface area contributed by atoms with Crippen molar-refractivity contribution in [2.24, 2.45) is 11.8 Å². The Morgan fingerprint density at radius 1 is 1.44 bits per heavy atom. The van der Waals surface area contributed by atoms with E-state index in [1.807, 2.05) is 6.92 Å². The third kappa shape index (κ3) is 3.04. The van der Waals surface area contributed by atoms with Crippen molar-refractivity contribution in [2.75, 3.05) is 6.54 Å². The molecule has 0 bridgehead atoms. The van der Waals surface area contributed by atoms with Gasteiger partial charge in [-0.2, -0.15) is 5.10 Å². The summed E-state index contributed by atoms with van der Waals surface area (Å²) in [5.74, 6) is 3.45. The Labute approximate surface area is 97.2 Å². The van der Waals surface area contributed by atoms with Gasteiger partial charge in [-0.1, -0.05) is 13.8 Å². The Hall–Kier alpha value is -0.900. The second-order valence-corrected chi connectivity index (χ2v) is 5.15. The predicted molar refractivity (Wildman–Crippen MR) is 64.2 cm³/mol. The van der Waals surface area contributed by atoms with Crippen LogP contribution in [0.25, 0.3) is 0 Å². The molecule has 1 atom stereocenters. The zero-order valence-corrected chi connectivity index (χ0v) is 10.5. The minimum Gasteiger partial charge on any atom is -0.313 e. The molecule has 1 aromatic rings. The van der Waals surface area contributed by atoms with Crippen molar-refractivity contribution in [1.82, 2.24) is 20.5 Å². The van der Waals surface area contributed by atoms with E-state index in [0.29, 0.717) is 6.04 Å². The molecule has 4 nitrogen and oxygen atoms in total. The van der Waals surface area contributed by atoms with Crippen LogP contribution in [0.1, 0.15) is 38.3 Å². The summed E-state index contributed by atoms with van der Waals surface area (Å²) in [6.07, 6.45) is 3.71. The van der Waals surface area contributed by atoms with E-state index in [1.165, 1.54) is 12.8 Å². The first-order chi connectivity index (χ1) is 7.66. The first-order valence-electron chi connectivity index (χ1n) is 6.28. The third-order valence-electron chi connectivity index (χ3n) is 3.22. The number of hydrogen-bond donors (Lipinski definition) is 2. The summed E-state index contributed by atoms with van der Waals surface area (Å²) >= 11 is 0. The van der Waals surface area contributed by atoms with Crippen LogP contribution in [-0.4, -0.2) is 27.8 Å². The Morgan fingerprint density at radius 2 is 2.19 bits per heavy atom. The fourth-order valence-corrected chi connectivity index (χ4v) is 2.25. The highest BCUT2D eigenvalue weighted by molar-refractivity contribution is 4.91. The number of H-pyrrole nitrogens is 1. The normalized spacial score (nSPS) is 18.0. The third-order valence-corrected chi connectivity index (χ3v) is 3.22. The van der Waals surface area contributed by atoms with Gasteiger partial charge in [0.2, 0.25) is 0 Å². The van der Waals surface area contributed by atoms with Crippen LogP contribution in [0.15, 0.2) is 0 Å². The number of aromatic amines is 1. The molecule has 0 amide bonds. The molecule has 1 aliphatic carbocycles. The van der Waals surface area contributed by atoms with Gasteiger partial charge in [-0.3, -0.25) is 5.10 Å². The van der Waals surface area contributed by atoms with Crippen LogP contribution >= 0.6 is 0 Å². The number of rotatable bonds is 6. The topological polar surface area (TPSA) is 53.6 Å². The summed E-state index contributed by atoms with van der Waals surface area (Å²) in [6, 6.07) is 0.681. The number of hydrogen-bond acceptors (Lipinski definition) is 3. The van der Waals surface area contributed by atoms with E-state index in [9.17, 15) is 0 Å². The van der Waals surface area contributed by atoms with Crippen LogP contribution in [0.2, 0.25) is 0 Å². The number of nitrogens with one attached hydrogen (secondary N) is 2. The maximum absolute atomic E-state index is 4.31. The van der Waals surface area contributed by atoms with Crippen LogP contribution in [-0.2, 0) is 6.42 Å². The fourth-order valence-electron chi connectivity index (χ4n) is 2.25. The molecular weight excluding hydrogens is 200 g/mol. The lowest BCUT2D eigenvalue weighted by atomic mass is 9.99. The molecule has 1 saturated carbocycles. The van der Waals surface area contributed by atoms with Crippen molar-refractivity contribution in [3.8, 4) is 0 Å². The van der Waals surface area contributed by atoms with Gasteiger partial charge in [0.1, 0.15) is 5.82 Å². The lowest BCUT2D eigenvalue weighted by molar-refractivity contribution is 0.362. The minimum absolute atomic E-state index is 0.681. The molecule has 4 heteroatoms. The highest BCUT2D eigenvalue weighted by Gasteiger charge is 2.32. The summed E-state index contributed by atoms with van der Waals surface area (Å²) in [5, 5.41) is 10.7. The van der Waals surface area contributed by atoms with Gasteiger partial charge in [0, 0.05) is 19.0 Å². The molecule has 1 unspecified atom stereocenters. The average Bonchev–Trinajstić information content (AvgIpc) is 2.97. The molecule has 0 aromatic carbocycles. The van der Waals surface area contributed by atoms with Crippen molar-refractivity contribution < 1.29 is 0 Å². The lowest BCUT2D eigenvalue weighted by Gasteiger charge is -2.21. The first-order valence-corrected chi connectivity index (χ1v) is 6.28. The van der Waals surface area contributed by atoms with Crippen LogP contribution in [0.5, 0.6) is 0 Å². The molecule has 0 aliphatic heterocycles. The molecular formula is C12H22N4. The van der Waals surface area contributed by atoms with Gasteiger partial charge in [0.15, 0.2) is 5.82 Å². The van der Waals surface area contributed by atoms with E-state index in [-0.39, 0.29) is 0 Å². The van der Waals surface area contributed by atoms with Crippen LogP contribution in [0, 0.1) is 18.8 Å². The van der Waals surface area contributed by atoms with E-state index >= 15 is 0 Å². The van der Waals surface area contributed by atoms with Crippen LogP contribution in [0.3, 0.4) is 0 Å². The molecule has 90 valence electrons. The van der Waals surface area contributed by atoms with Crippen LogP contribution in [0.4, 0.5) is 0 Å². The van der Waals surface area contributed by atoms with Gasteiger partial charge in [0.05, 0.1) is 0 Å². The highest BCUT2D eigenvalue weighted by atomic mass is 15.2. The lowest BCUT2D eigenvalue weighted by Crippen LogP contribution is -2.37. The predicted octanol–water partition coefficient (Wildman–Crippen LogP) is 1.68. The smallest absolute Gasteiger partial charge is 0.151 e. The Morgan fingerprint density at radius 3 is 2.69 bits per heavy atom. The van der Waals surface area contributed by atoms with Gasteiger partial charge >= 0.3 is 0 Å². The summed E-state index contributed by atoms with van der Waals surface area (Å²) < 4.78 is 0. The van der Waals surface area contributed by atoms with Gasteiger partial charge in [-0.05, 0) is 31.6 Å². The maximum Gasteiger partial charge on any atom is 0.151 e. The van der Waals surface area contributed by atoms with Crippen molar-refractivity contribution in [1.29, 1.82) is 0 Å². The molecule has 0 saturated heterocycles. The number of nitrogens with zero attached hydrogens (tertiary/aromatic N) is 2. The second-order valence-electron chi connectivity index (χ2n) is 5.15. The van der Waals surface area contributed by atoms with Crippen molar-refractivity contribution in [2.45, 2.75) is 46.1 Å². The van der Waals surface area contributed by atoms with Gasteiger partial charge < -0.3 is 5.32 Å². The van der Waals surface area contributed by atoms with E-state index in [4.69, 9.17) is 0 Å². The van der Waals surface area contributed by atoms with E-state index in [0.717, 1.165) is 36.5 Å². The summed E-state index contributed by atoms with van der Waals surface area (Å²) in [4.78, 5) is 4.31. The van der Waals surface area contributed by atoms with E-state index in [2.05, 4.69) is 34.3 Å². The summed E-state index contributed by atoms with van der Waals surface area (Å²) in [5.41, 5.74) is 0. The SMILES string of the molecule is Cc1nc(CCNC(C(C)C)C2CC2)n[nH]1. The molecule has 1 aliphatic rings. The molecule has 2 N–H and O–H groups in total.